The Labute approximate surface area is 142 Å². The molecule has 0 radical (unpaired) electrons. The highest BCUT2D eigenvalue weighted by Gasteiger charge is 2.28. The SMILES string of the molecule is CN1C(=O)C[C@H](CNC(=O)Cc2cc(=O)[nH][nH]c2=O)c2ccccc21. The van der Waals surface area contributed by atoms with Gasteiger partial charge in [0.15, 0.2) is 0 Å². The zero-order valence-electron chi connectivity index (χ0n) is 13.7. The molecule has 25 heavy (non-hydrogen) atoms. The lowest BCUT2D eigenvalue weighted by Crippen LogP contribution is -2.38. The minimum atomic E-state index is -0.505. The van der Waals surface area contributed by atoms with E-state index in [1.54, 1.807) is 11.9 Å². The van der Waals surface area contributed by atoms with Crippen LogP contribution in [0.1, 0.15) is 23.5 Å². The maximum atomic E-state index is 12.1. The third kappa shape index (κ3) is 3.52. The molecule has 0 saturated heterocycles. The van der Waals surface area contributed by atoms with Gasteiger partial charge in [-0.15, -0.1) is 0 Å². The van der Waals surface area contributed by atoms with Crippen molar-refractivity contribution in [2.75, 3.05) is 18.5 Å². The van der Waals surface area contributed by atoms with E-state index in [1.807, 2.05) is 24.3 Å². The van der Waals surface area contributed by atoms with Crippen molar-refractivity contribution in [3.63, 3.8) is 0 Å². The van der Waals surface area contributed by atoms with Gasteiger partial charge in [-0.2, -0.15) is 0 Å². The number of H-pyrrole nitrogens is 2. The Balaban J connectivity index is 1.69. The van der Waals surface area contributed by atoms with Crippen LogP contribution in [0.5, 0.6) is 0 Å². The predicted molar refractivity (Wildman–Crippen MR) is 91.6 cm³/mol. The van der Waals surface area contributed by atoms with Gasteiger partial charge in [0.25, 0.3) is 11.1 Å². The number of aromatic nitrogens is 2. The molecule has 0 spiro atoms. The third-order valence-electron chi connectivity index (χ3n) is 4.33. The van der Waals surface area contributed by atoms with Crippen LogP contribution in [0.2, 0.25) is 0 Å². The molecule has 2 aromatic rings. The molecule has 1 aromatic carbocycles. The largest absolute Gasteiger partial charge is 0.355 e. The van der Waals surface area contributed by atoms with Gasteiger partial charge in [-0.05, 0) is 11.6 Å². The molecule has 1 aromatic heterocycles. The Morgan fingerprint density at radius 2 is 2.00 bits per heavy atom. The van der Waals surface area contributed by atoms with Crippen LogP contribution < -0.4 is 21.3 Å². The number of fused-ring (bicyclic) bond motifs is 1. The first-order chi connectivity index (χ1) is 12.0. The van der Waals surface area contributed by atoms with Crippen molar-refractivity contribution in [3.8, 4) is 0 Å². The summed E-state index contributed by atoms with van der Waals surface area (Å²) in [4.78, 5) is 48.7. The fraction of sp³-hybridized carbons (Fsp3) is 0.294. The van der Waals surface area contributed by atoms with Gasteiger partial charge in [-0.25, -0.2) is 0 Å². The summed E-state index contributed by atoms with van der Waals surface area (Å²) in [5, 5.41) is 7.08. The average Bonchev–Trinajstić information content (AvgIpc) is 2.60. The second-order valence-corrected chi connectivity index (χ2v) is 6.01. The summed E-state index contributed by atoms with van der Waals surface area (Å²) < 4.78 is 0. The number of hydrogen-bond donors (Lipinski definition) is 3. The fourth-order valence-corrected chi connectivity index (χ4v) is 2.97. The molecule has 3 N–H and O–H groups in total. The second-order valence-electron chi connectivity index (χ2n) is 6.01. The van der Waals surface area contributed by atoms with E-state index in [9.17, 15) is 19.2 Å². The van der Waals surface area contributed by atoms with Crippen LogP contribution in [0.15, 0.2) is 39.9 Å². The summed E-state index contributed by atoms with van der Waals surface area (Å²) >= 11 is 0. The zero-order valence-corrected chi connectivity index (χ0v) is 13.7. The molecule has 0 unspecified atom stereocenters. The van der Waals surface area contributed by atoms with Gasteiger partial charge >= 0.3 is 0 Å². The van der Waals surface area contributed by atoms with Gasteiger partial charge < -0.3 is 10.2 Å². The smallest absolute Gasteiger partial charge is 0.266 e. The molecule has 130 valence electrons. The fourth-order valence-electron chi connectivity index (χ4n) is 2.97. The molecule has 1 aliphatic heterocycles. The van der Waals surface area contributed by atoms with E-state index in [-0.39, 0.29) is 36.3 Å². The standard InChI is InChI=1S/C17H18N4O4/c1-21-13-5-3-2-4-12(13)11(8-16(21)24)9-18-14(22)6-10-7-15(23)19-20-17(10)25/h2-5,7,11H,6,8-9H2,1H3,(H,18,22)(H,19,23)(H,20,25)/t11-/m1/s1. The molecule has 8 nitrogen and oxygen atoms in total. The van der Waals surface area contributed by atoms with Crippen LogP contribution in [0.25, 0.3) is 0 Å². The Morgan fingerprint density at radius 1 is 1.24 bits per heavy atom. The molecule has 0 fully saturated rings. The number of nitrogens with one attached hydrogen (secondary N) is 3. The predicted octanol–water partition coefficient (Wildman–Crippen LogP) is -0.128. The van der Waals surface area contributed by atoms with Crippen LogP contribution in [0.3, 0.4) is 0 Å². The Bertz CT molecular complexity index is 930. The van der Waals surface area contributed by atoms with Crippen molar-refractivity contribution >= 4 is 17.5 Å². The molecule has 3 rings (SSSR count). The van der Waals surface area contributed by atoms with Crippen molar-refractivity contribution < 1.29 is 9.59 Å². The molecular formula is C17H18N4O4. The highest BCUT2D eigenvalue weighted by molar-refractivity contribution is 5.96. The van der Waals surface area contributed by atoms with Crippen LogP contribution in [0.4, 0.5) is 5.69 Å². The first-order valence-corrected chi connectivity index (χ1v) is 7.89. The summed E-state index contributed by atoms with van der Waals surface area (Å²) in [7, 11) is 1.73. The van der Waals surface area contributed by atoms with Crippen LogP contribution in [-0.4, -0.2) is 35.6 Å². The lowest BCUT2D eigenvalue weighted by atomic mass is 9.89. The molecule has 0 saturated carbocycles. The second kappa shape index (κ2) is 6.76. The average molecular weight is 342 g/mol. The number of carbonyl (C=O) groups excluding carboxylic acids is 2. The number of nitrogens with zero attached hydrogens (tertiary/aromatic N) is 1. The van der Waals surface area contributed by atoms with Gasteiger partial charge in [0, 0.05) is 43.2 Å². The summed E-state index contributed by atoms with van der Waals surface area (Å²) in [5.74, 6) is -0.509. The number of carbonyl (C=O) groups is 2. The summed E-state index contributed by atoms with van der Waals surface area (Å²) in [6, 6.07) is 8.68. The molecule has 2 amide bonds. The van der Waals surface area contributed by atoms with Crippen molar-refractivity contribution in [1.29, 1.82) is 0 Å². The van der Waals surface area contributed by atoms with Crippen molar-refractivity contribution in [2.24, 2.45) is 0 Å². The molecule has 0 aliphatic carbocycles. The number of hydrogen-bond acceptors (Lipinski definition) is 4. The number of rotatable bonds is 4. The molecule has 0 bridgehead atoms. The third-order valence-corrected chi connectivity index (χ3v) is 4.33. The van der Waals surface area contributed by atoms with Crippen molar-refractivity contribution in [3.05, 3.63) is 62.2 Å². The van der Waals surface area contributed by atoms with E-state index in [1.165, 1.54) is 0 Å². The normalized spacial score (nSPS) is 16.4. The van der Waals surface area contributed by atoms with Gasteiger partial charge in [0.1, 0.15) is 0 Å². The minimum absolute atomic E-state index is 0.0102. The van der Waals surface area contributed by atoms with Crippen LogP contribution in [0, 0.1) is 0 Å². The number of amides is 2. The first kappa shape index (κ1) is 16.7. The van der Waals surface area contributed by atoms with Crippen molar-refractivity contribution in [2.45, 2.75) is 18.8 Å². The topological polar surface area (TPSA) is 115 Å². The van der Waals surface area contributed by atoms with Crippen LogP contribution in [-0.2, 0) is 16.0 Å². The van der Waals surface area contributed by atoms with E-state index in [4.69, 9.17) is 0 Å². The van der Waals surface area contributed by atoms with Gasteiger partial charge in [0.2, 0.25) is 11.8 Å². The molecule has 1 aliphatic rings. The lowest BCUT2D eigenvalue weighted by Gasteiger charge is -2.31. The van der Waals surface area contributed by atoms with Crippen LogP contribution >= 0.6 is 0 Å². The molecule has 2 heterocycles. The van der Waals surface area contributed by atoms with Gasteiger partial charge in [0.05, 0.1) is 6.42 Å². The maximum Gasteiger partial charge on any atom is 0.266 e. The van der Waals surface area contributed by atoms with E-state index >= 15 is 0 Å². The molecular weight excluding hydrogens is 324 g/mol. The minimum Gasteiger partial charge on any atom is -0.355 e. The Morgan fingerprint density at radius 3 is 2.80 bits per heavy atom. The highest BCUT2D eigenvalue weighted by atomic mass is 16.2. The van der Waals surface area contributed by atoms with Gasteiger partial charge in [-0.1, -0.05) is 18.2 Å². The van der Waals surface area contributed by atoms with Crippen molar-refractivity contribution in [1.82, 2.24) is 15.5 Å². The Kier molecular flexibility index (Phi) is 4.51. The van der Waals surface area contributed by atoms with E-state index < -0.39 is 11.1 Å². The summed E-state index contributed by atoms with van der Waals surface area (Å²) in [5.41, 5.74) is 0.954. The quantitative estimate of drug-likeness (QED) is 0.718. The zero-order chi connectivity index (χ0) is 18.0. The number of anilines is 1. The maximum absolute atomic E-state index is 12.1. The summed E-state index contributed by atoms with van der Waals surface area (Å²) in [6.07, 6.45) is 0.112. The van der Waals surface area contributed by atoms with Gasteiger partial charge in [-0.3, -0.25) is 29.4 Å². The summed E-state index contributed by atoms with van der Waals surface area (Å²) in [6.45, 7) is 0.288. The molecule has 1 atom stereocenters. The highest BCUT2D eigenvalue weighted by Crippen LogP contribution is 2.34. The number of aromatic amines is 2. The first-order valence-electron chi connectivity index (χ1n) is 7.89. The lowest BCUT2D eigenvalue weighted by molar-refractivity contribution is -0.122. The van der Waals surface area contributed by atoms with E-state index in [0.717, 1.165) is 17.3 Å². The van der Waals surface area contributed by atoms with E-state index in [0.29, 0.717) is 6.42 Å². The monoisotopic (exact) mass is 342 g/mol. The molecule has 8 heteroatoms. The number of para-hydroxylation sites is 1. The Hall–Kier alpha value is -3.16. The van der Waals surface area contributed by atoms with E-state index in [2.05, 4.69) is 15.5 Å². The number of benzene rings is 1.